The number of nitrogens with zero attached hydrogens (tertiary/aromatic N) is 1. The van der Waals surface area contributed by atoms with Crippen LogP contribution in [0.3, 0.4) is 0 Å². The number of rotatable bonds is 10. The van der Waals surface area contributed by atoms with E-state index in [4.69, 9.17) is 4.74 Å². The van der Waals surface area contributed by atoms with Gasteiger partial charge in [-0.2, -0.15) is 0 Å². The maximum atomic E-state index is 12.5. The summed E-state index contributed by atoms with van der Waals surface area (Å²) < 4.78 is 33.5. The van der Waals surface area contributed by atoms with Crippen molar-refractivity contribution in [3.8, 4) is 5.75 Å². The van der Waals surface area contributed by atoms with Crippen LogP contribution in [0.5, 0.6) is 5.75 Å². The van der Waals surface area contributed by atoms with Crippen LogP contribution < -0.4 is 20.1 Å². The molecule has 0 fully saturated rings. The predicted molar refractivity (Wildman–Crippen MR) is 118 cm³/mol. The Kier molecular flexibility index (Phi) is 8.18. The second-order valence-corrected chi connectivity index (χ2v) is 7.52. The fraction of sp³-hybridized carbons (Fsp3) is 0.143. The third-order valence-corrected chi connectivity index (χ3v) is 5.31. The maximum Gasteiger partial charge on any atom is 0.261 e. The number of benzene rings is 1. The minimum absolute atomic E-state index is 0.172. The SMILES string of the molecule is C\C=C(/C=C\C(=C/C)Oc1ccnc(NC=O)c1NC)NS(=O)(=O)c1ccccc1. The smallest absolute Gasteiger partial charge is 0.261 e. The van der Waals surface area contributed by atoms with Crippen LogP contribution in [0.25, 0.3) is 0 Å². The van der Waals surface area contributed by atoms with Crippen molar-refractivity contribution in [3.63, 3.8) is 0 Å². The van der Waals surface area contributed by atoms with Gasteiger partial charge in [-0.25, -0.2) is 13.4 Å². The van der Waals surface area contributed by atoms with Gasteiger partial charge < -0.3 is 15.4 Å². The predicted octanol–water partition coefficient (Wildman–Crippen LogP) is 3.41. The van der Waals surface area contributed by atoms with E-state index in [0.29, 0.717) is 35.1 Å². The summed E-state index contributed by atoms with van der Waals surface area (Å²) in [5, 5.41) is 5.44. The summed E-state index contributed by atoms with van der Waals surface area (Å²) in [6, 6.07) is 9.76. The summed E-state index contributed by atoms with van der Waals surface area (Å²) in [6.07, 6.45) is 8.63. The monoisotopic (exact) mass is 428 g/mol. The molecule has 0 aliphatic carbocycles. The normalized spacial score (nSPS) is 12.5. The zero-order valence-corrected chi connectivity index (χ0v) is 17.7. The first-order chi connectivity index (χ1) is 14.4. The van der Waals surface area contributed by atoms with E-state index in [1.54, 1.807) is 69.5 Å². The van der Waals surface area contributed by atoms with Gasteiger partial charge in [0.25, 0.3) is 10.0 Å². The van der Waals surface area contributed by atoms with Crippen molar-refractivity contribution in [1.82, 2.24) is 9.71 Å². The fourth-order valence-electron chi connectivity index (χ4n) is 2.43. The summed E-state index contributed by atoms with van der Waals surface area (Å²) in [5.41, 5.74) is 0.891. The van der Waals surface area contributed by atoms with Gasteiger partial charge in [-0.1, -0.05) is 24.3 Å². The van der Waals surface area contributed by atoms with Gasteiger partial charge in [-0.3, -0.25) is 9.52 Å². The first-order valence-electron chi connectivity index (χ1n) is 9.08. The molecule has 0 saturated carbocycles. The van der Waals surface area contributed by atoms with E-state index >= 15 is 0 Å². The molecule has 8 nitrogen and oxygen atoms in total. The molecule has 3 N–H and O–H groups in total. The average Bonchev–Trinajstić information content (AvgIpc) is 2.76. The quantitative estimate of drug-likeness (QED) is 0.304. The van der Waals surface area contributed by atoms with E-state index < -0.39 is 10.0 Å². The maximum absolute atomic E-state index is 12.5. The number of pyridine rings is 1. The number of aromatic nitrogens is 1. The van der Waals surface area contributed by atoms with E-state index in [9.17, 15) is 13.2 Å². The summed E-state index contributed by atoms with van der Waals surface area (Å²) in [4.78, 5) is 15.0. The molecular weight excluding hydrogens is 404 g/mol. The largest absolute Gasteiger partial charge is 0.455 e. The highest BCUT2D eigenvalue weighted by Gasteiger charge is 2.14. The van der Waals surface area contributed by atoms with E-state index in [1.165, 1.54) is 18.3 Å². The van der Waals surface area contributed by atoms with Crippen LogP contribution in [0.2, 0.25) is 0 Å². The van der Waals surface area contributed by atoms with Crippen LogP contribution in [0.15, 0.2) is 83.3 Å². The lowest BCUT2D eigenvalue weighted by molar-refractivity contribution is -0.105. The number of amides is 1. The van der Waals surface area contributed by atoms with Gasteiger partial charge in [-0.05, 0) is 44.2 Å². The molecular formula is C21H24N4O4S. The Labute approximate surface area is 176 Å². The molecule has 0 aliphatic heterocycles. The Hall–Kier alpha value is -3.59. The molecule has 0 bridgehead atoms. The Bertz CT molecular complexity index is 1060. The molecule has 2 rings (SSSR count). The lowest BCUT2D eigenvalue weighted by Crippen LogP contribution is -2.22. The summed E-state index contributed by atoms with van der Waals surface area (Å²) >= 11 is 0. The number of allylic oxidation sites excluding steroid dienone is 4. The highest BCUT2D eigenvalue weighted by molar-refractivity contribution is 7.89. The van der Waals surface area contributed by atoms with Gasteiger partial charge in [0.2, 0.25) is 6.41 Å². The summed E-state index contributed by atoms with van der Waals surface area (Å²) in [5.74, 6) is 1.24. The van der Waals surface area contributed by atoms with Gasteiger partial charge in [0.1, 0.15) is 11.4 Å². The molecule has 1 aromatic heterocycles. The van der Waals surface area contributed by atoms with Crippen molar-refractivity contribution in [1.29, 1.82) is 0 Å². The average molecular weight is 429 g/mol. The number of sulfonamides is 1. The Morgan fingerprint density at radius 1 is 1.07 bits per heavy atom. The van der Waals surface area contributed by atoms with Crippen LogP contribution in [0.1, 0.15) is 13.8 Å². The number of carbonyl (C=O) groups excluding carboxylic acids is 1. The van der Waals surface area contributed by atoms with Crippen LogP contribution in [-0.4, -0.2) is 26.9 Å². The number of carbonyl (C=O) groups is 1. The third-order valence-electron chi connectivity index (χ3n) is 3.91. The van der Waals surface area contributed by atoms with Gasteiger partial charge in [0, 0.05) is 25.0 Å². The molecule has 0 saturated heterocycles. The highest BCUT2D eigenvalue weighted by atomic mass is 32.2. The van der Waals surface area contributed by atoms with E-state index in [-0.39, 0.29) is 4.90 Å². The standard InChI is InChI=1S/C21H24N4O4S/c1-4-16(25-30(27,28)18-9-7-6-8-10-18)11-12-17(5-2)29-19-13-14-23-21(24-15-26)20(19)22-3/h4-15,22,25H,1-3H3,(H,23,24,26)/b12-11-,16-4+,17-5+. The third kappa shape index (κ3) is 5.95. The Morgan fingerprint density at radius 3 is 2.40 bits per heavy atom. The zero-order valence-electron chi connectivity index (χ0n) is 16.9. The topological polar surface area (TPSA) is 109 Å². The molecule has 0 radical (unpaired) electrons. The lowest BCUT2D eigenvalue weighted by atomic mass is 10.3. The zero-order chi connectivity index (χ0) is 22.0. The molecule has 0 spiro atoms. The highest BCUT2D eigenvalue weighted by Crippen LogP contribution is 2.31. The van der Waals surface area contributed by atoms with Gasteiger partial charge >= 0.3 is 0 Å². The molecule has 2 aromatic rings. The number of hydrogen-bond donors (Lipinski definition) is 3. The van der Waals surface area contributed by atoms with Crippen molar-refractivity contribution in [2.24, 2.45) is 0 Å². The van der Waals surface area contributed by atoms with E-state index in [2.05, 4.69) is 20.3 Å². The van der Waals surface area contributed by atoms with Gasteiger partial charge in [0.15, 0.2) is 11.6 Å². The van der Waals surface area contributed by atoms with Crippen molar-refractivity contribution in [2.75, 3.05) is 17.7 Å². The second-order valence-electron chi connectivity index (χ2n) is 5.83. The molecule has 9 heteroatoms. The van der Waals surface area contributed by atoms with Gasteiger partial charge in [0.05, 0.1) is 4.90 Å². The van der Waals surface area contributed by atoms with E-state index in [1.807, 2.05) is 0 Å². The first-order valence-corrected chi connectivity index (χ1v) is 10.6. The van der Waals surface area contributed by atoms with E-state index in [0.717, 1.165) is 0 Å². The van der Waals surface area contributed by atoms with Crippen LogP contribution in [-0.2, 0) is 14.8 Å². The number of ether oxygens (including phenoxy) is 1. The number of hydrogen-bond acceptors (Lipinski definition) is 6. The van der Waals surface area contributed by atoms with Crippen LogP contribution in [0.4, 0.5) is 11.5 Å². The number of nitrogens with one attached hydrogen (secondary N) is 3. The van der Waals surface area contributed by atoms with Crippen molar-refractivity contribution in [3.05, 3.63) is 78.4 Å². The van der Waals surface area contributed by atoms with Crippen LogP contribution in [0, 0.1) is 0 Å². The van der Waals surface area contributed by atoms with Crippen molar-refractivity contribution in [2.45, 2.75) is 18.7 Å². The number of anilines is 2. The minimum atomic E-state index is -3.70. The second kappa shape index (κ2) is 10.8. The molecule has 1 aromatic carbocycles. The molecule has 1 heterocycles. The molecule has 30 heavy (non-hydrogen) atoms. The lowest BCUT2D eigenvalue weighted by Gasteiger charge is -2.14. The molecule has 0 unspecified atom stereocenters. The minimum Gasteiger partial charge on any atom is -0.455 e. The van der Waals surface area contributed by atoms with Crippen molar-refractivity contribution >= 4 is 27.9 Å². The molecule has 1 amide bonds. The summed E-state index contributed by atoms with van der Waals surface area (Å²) in [6.45, 7) is 3.51. The van der Waals surface area contributed by atoms with Gasteiger partial charge in [-0.15, -0.1) is 0 Å². The Morgan fingerprint density at radius 2 is 1.80 bits per heavy atom. The molecule has 0 aliphatic rings. The first kappa shape index (κ1) is 22.7. The van der Waals surface area contributed by atoms with Crippen molar-refractivity contribution < 1.29 is 17.9 Å². The Balaban J connectivity index is 2.19. The molecule has 158 valence electrons. The van der Waals surface area contributed by atoms with Crippen LogP contribution >= 0.6 is 0 Å². The summed E-state index contributed by atoms with van der Waals surface area (Å²) in [7, 11) is -2.02. The molecule has 0 atom stereocenters. The fourth-order valence-corrected chi connectivity index (χ4v) is 3.56.